The average Bonchev–Trinajstić information content (AvgIpc) is 3.05. The number of hydrogen-bond donors (Lipinski definition) is 0. The van der Waals surface area contributed by atoms with Crippen LogP contribution < -0.4 is 18.9 Å². The van der Waals surface area contributed by atoms with Crippen molar-refractivity contribution in [2.75, 3.05) is 27.4 Å². The molecule has 4 rings (SSSR count). The van der Waals surface area contributed by atoms with Crippen molar-refractivity contribution in [3.05, 3.63) is 116 Å². The number of rotatable bonds is 12. The fourth-order valence-electron chi connectivity index (χ4n) is 5.53. The van der Waals surface area contributed by atoms with Gasteiger partial charge in [-0.2, -0.15) is 0 Å². The summed E-state index contributed by atoms with van der Waals surface area (Å²) in [5.41, 5.74) is 10.0. The highest BCUT2D eigenvalue weighted by Crippen LogP contribution is 2.30. The summed E-state index contributed by atoms with van der Waals surface area (Å²) in [5, 5.41) is 0. The highest BCUT2D eigenvalue weighted by atomic mass is 16.5. The fourth-order valence-corrected chi connectivity index (χ4v) is 5.53. The highest BCUT2D eigenvalue weighted by Gasteiger charge is 2.20. The molecule has 0 spiro atoms. The van der Waals surface area contributed by atoms with E-state index in [0.717, 1.165) is 56.0 Å². The second-order valence-corrected chi connectivity index (χ2v) is 13.0. The van der Waals surface area contributed by atoms with Gasteiger partial charge in [-0.25, -0.2) is 0 Å². The second kappa shape index (κ2) is 17.0. The number of methoxy groups -OCH3 is 2. The summed E-state index contributed by atoms with van der Waals surface area (Å²) in [6.45, 7) is 20.5. The number of carbonyl (C=O) groups excluding carboxylic acids is 2. The van der Waals surface area contributed by atoms with Crippen LogP contribution in [0.4, 0.5) is 0 Å². The van der Waals surface area contributed by atoms with Gasteiger partial charge in [-0.3, -0.25) is 9.59 Å². The molecule has 4 aromatic rings. The molecule has 0 unspecified atom stereocenters. The van der Waals surface area contributed by atoms with Crippen molar-refractivity contribution in [3.8, 4) is 23.0 Å². The summed E-state index contributed by atoms with van der Waals surface area (Å²) < 4.78 is 22.4. The van der Waals surface area contributed by atoms with Crippen molar-refractivity contribution < 1.29 is 28.5 Å². The van der Waals surface area contributed by atoms with E-state index in [4.69, 9.17) is 18.9 Å². The molecule has 48 heavy (non-hydrogen) atoms. The Morgan fingerprint density at radius 2 is 1.10 bits per heavy atom. The number of benzene rings is 4. The van der Waals surface area contributed by atoms with Gasteiger partial charge in [0.15, 0.2) is 13.2 Å². The maximum atomic E-state index is 12.8. The molecule has 0 aliphatic carbocycles. The van der Waals surface area contributed by atoms with Crippen LogP contribution in [0.1, 0.15) is 105 Å². The predicted molar refractivity (Wildman–Crippen MR) is 195 cm³/mol. The fraction of sp³-hybridized carbons (Fsp3) is 0.381. The molecule has 0 atom stereocenters. The zero-order valence-corrected chi connectivity index (χ0v) is 30.8. The lowest BCUT2D eigenvalue weighted by atomic mass is 9.94. The first kappa shape index (κ1) is 37.9. The van der Waals surface area contributed by atoms with Gasteiger partial charge >= 0.3 is 0 Å². The van der Waals surface area contributed by atoms with E-state index in [9.17, 15) is 9.59 Å². The minimum absolute atomic E-state index is 0.00111. The minimum atomic E-state index is -0.0827. The Balaban J connectivity index is 0.000000260. The van der Waals surface area contributed by atoms with Gasteiger partial charge in [0.05, 0.1) is 25.3 Å². The van der Waals surface area contributed by atoms with Gasteiger partial charge in [0.2, 0.25) is 11.6 Å². The van der Waals surface area contributed by atoms with Crippen LogP contribution in [0.5, 0.6) is 23.0 Å². The van der Waals surface area contributed by atoms with Crippen LogP contribution in [0.3, 0.4) is 0 Å². The maximum absolute atomic E-state index is 12.8. The lowest BCUT2D eigenvalue weighted by Crippen LogP contribution is -2.16. The van der Waals surface area contributed by atoms with Crippen molar-refractivity contribution in [1.29, 1.82) is 0 Å². The summed E-state index contributed by atoms with van der Waals surface area (Å²) in [4.78, 5) is 25.4. The van der Waals surface area contributed by atoms with E-state index in [0.29, 0.717) is 28.5 Å². The molecular weight excluding hydrogens is 600 g/mol. The molecule has 6 heteroatoms. The van der Waals surface area contributed by atoms with Gasteiger partial charge in [-0.1, -0.05) is 58.0 Å². The molecule has 0 aliphatic heterocycles. The SMILES string of the molecule is COc1cc(C(C)C)ccc1C(=O)COc1cc(C)cc(C)c1C.COc1cccc(C(C)C)c1C(=O)COc1cc(C)cc(C)c1C. The largest absolute Gasteiger partial charge is 0.496 e. The number of aryl methyl sites for hydroxylation is 4. The molecule has 0 N–H and O–H groups in total. The molecule has 6 nitrogen and oxygen atoms in total. The van der Waals surface area contributed by atoms with Crippen LogP contribution in [-0.2, 0) is 0 Å². The quantitative estimate of drug-likeness (QED) is 0.142. The molecule has 0 aromatic heterocycles. The Labute approximate surface area is 287 Å². The van der Waals surface area contributed by atoms with Crippen LogP contribution >= 0.6 is 0 Å². The normalized spacial score (nSPS) is 10.8. The van der Waals surface area contributed by atoms with E-state index >= 15 is 0 Å². The first-order chi connectivity index (χ1) is 22.7. The van der Waals surface area contributed by atoms with E-state index in [1.54, 1.807) is 14.2 Å². The summed E-state index contributed by atoms with van der Waals surface area (Å²) in [6, 6.07) is 19.6. The highest BCUT2D eigenvalue weighted by molar-refractivity contribution is 6.01. The van der Waals surface area contributed by atoms with E-state index in [1.807, 2.05) is 90.1 Å². The summed E-state index contributed by atoms with van der Waals surface area (Å²) in [5.74, 6) is 3.22. The van der Waals surface area contributed by atoms with Gasteiger partial charge in [-0.15, -0.1) is 0 Å². The molecule has 0 amide bonds. The van der Waals surface area contributed by atoms with Gasteiger partial charge in [0.25, 0.3) is 0 Å². The standard InChI is InChI=1S/2C21H26O3/c1-13(2)17-7-8-18(21(11-17)23-6)19(22)12-24-20-10-14(3)9-15(4)16(20)5;1-13(2)17-8-7-9-19(23-6)21(17)18(22)12-24-20-11-14(3)10-15(4)16(20)5/h2*7-11,13H,12H2,1-6H3. The number of ether oxygens (including phenoxy) is 4. The number of hydrogen-bond acceptors (Lipinski definition) is 6. The predicted octanol–water partition coefficient (Wildman–Crippen LogP) is 10.0. The third-order valence-corrected chi connectivity index (χ3v) is 8.62. The third kappa shape index (κ3) is 9.50. The summed E-state index contributed by atoms with van der Waals surface area (Å²) >= 11 is 0. The van der Waals surface area contributed by atoms with Crippen LogP contribution in [0.25, 0.3) is 0 Å². The monoisotopic (exact) mass is 652 g/mol. The first-order valence-electron chi connectivity index (χ1n) is 16.5. The van der Waals surface area contributed by atoms with Gasteiger partial charge in [0, 0.05) is 0 Å². The van der Waals surface area contributed by atoms with Crippen LogP contribution in [0.15, 0.2) is 60.7 Å². The molecule has 0 heterocycles. The van der Waals surface area contributed by atoms with E-state index in [1.165, 1.54) is 0 Å². The van der Waals surface area contributed by atoms with Gasteiger partial charge in [-0.05, 0) is 128 Å². The Morgan fingerprint density at radius 1 is 0.583 bits per heavy atom. The first-order valence-corrected chi connectivity index (χ1v) is 16.5. The number of Topliss-reactive ketones (excluding diaryl/α,β-unsaturated/α-hetero) is 2. The molecule has 0 radical (unpaired) electrons. The smallest absolute Gasteiger partial charge is 0.204 e. The molecule has 0 fully saturated rings. The number of ketones is 2. The zero-order chi connectivity index (χ0) is 35.7. The Kier molecular flexibility index (Phi) is 13.4. The van der Waals surface area contributed by atoms with E-state index < -0.39 is 0 Å². The van der Waals surface area contributed by atoms with Crippen molar-refractivity contribution in [2.24, 2.45) is 0 Å². The lowest BCUT2D eigenvalue weighted by Gasteiger charge is -2.17. The third-order valence-electron chi connectivity index (χ3n) is 8.62. The Morgan fingerprint density at radius 3 is 1.58 bits per heavy atom. The van der Waals surface area contributed by atoms with Gasteiger partial charge < -0.3 is 18.9 Å². The molecule has 0 aliphatic rings. The lowest BCUT2D eigenvalue weighted by molar-refractivity contribution is 0.0910. The summed E-state index contributed by atoms with van der Waals surface area (Å²) in [6.07, 6.45) is 0. The number of carbonyl (C=O) groups is 2. The Hall–Kier alpha value is -4.58. The molecule has 0 saturated carbocycles. The minimum Gasteiger partial charge on any atom is -0.496 e. The molecular formula is C42H52O6. The van der Waals surface area contributed by atoms with Crippen molar-refractivity contribution in [2.45, 2.75) is 81.1 Å². The van der Waals surface area contributed by atoms with Crippen molar-refractivity contribution in [3.63, 3.8) is 0 Å². The molecule has 256 valence electrons. The van der Waals surface area contributed by atoms with Crippen molar-refractivity contribution >= 4 is 11.6 Å². The van der Waals surface area contributed by atoms with E-state index in [2.05, 4.69) is 39.8 Å². The maximum Gasteiger partial charge on any atom is 0.204 e. The average molecular weight is 653 g/mol. The molecule has 4 aromatic carbocycles. The van der Waals surface area contributed by atoms with E-state index in [-0.39, 0.29) is 30.7 Å². The Bertz CT molecular complexity index is 1750. The zero-order valence-electron chi connectivity index (χ0n) is 30.8. The van der Waals surface area contributed by atoms with Crippen LogP contribution in [-0.4, -0.2) is 39.0 Å². The van der Waals surface area contributed by atoms with Gasteiger partial charge in [0.1, 0.15) is 23.0 Å². The van der Waals surface area contributed by atoms with Crippen LogP contribution in [0.2, 0.25) is 0 Å². The molecule has 0 saturated heterocycles. The summed E-state index contributed by atoms with van der Waals surface area (Å²) in [7, 11) is 3.18. The molecule has 0 bridgehead atoms. The van der Waals surface area contributed by atoms with Crippen LogP contribution in [0, 0.1) is 41.5 Å². The topological polar surface area (TPSA) is 71.1 Å². The second-order valence-electron chi connectivity index (χ2n) is 13.0. The van der Waals surface area contributed by atoms with Crippen molar-refractivity contribution in [1.82, 2.24) is 0 Å².